The number of halogens is 3. The predicted molar refractivity (Wildman–Crippen MR) is 59.5 cm³/mol. The van der Waals surface area contributed by atoms with Crippen LogP contribution in [0, 0.1) is 0 Å². The zero-order chi connectivity index (χ0) is 12.9. The maximum Gasteiger partial charge on any atom is 0.522 e. The molecule has 1 aliphatic carbocycles. The van der Waals surface area contributed by atoms with Crippen LogP contribution in [0.15, 0.2) is 0 Å². The molecule has 0 aromatic heterocycles. The van der Waals surface area contributed by atoms with Crippen molar-refractivity contribution in [2.75, 3.05) is 19.7 Å². The van der Waals surface area contributed by atoms with Crippen molar-refractivity contribution in [3.63, 3.8) is 0 Å². The molecular formula is C11H21F3N2O. The minimum atomic E-state index is -4.52. The molecular weight excluding hydrogens is 233 g/mol. The molecule has 1 aliphatic rings. The van der Waals surface area contributed by atoms with Crippen molar-refractivity contribution in [3.05, 3.63) is 0 Å². The first kappa shape index (κ1) is 14.7. The van der Waals surface area contributed by atoms with E-state index in [2.05, 4.69) is 9.64 Å². The van der Waals surface area contributed by atoms with E-state index in [-0.39, 0.29) is 12.6 Å². The summed E-state index contributed by atoms with van der Waals surface area (Å²) in [6.07, 6.45) is -0.654. The summed E-state index contributed by atoms with van der Waals surface area (Å²) >= 11 is 0. The number of likely N-dealkylation sites (N-methyl/N-ethyl adjacent to an activating group) is 1. The third-order valence-corrected chi connectivity index (χ3v) is 3.31. The number of hydrogen-bond acceptors (Lipinski definition) is 3. The molecule has 0 amide bonds. The van der Waals surface area contributed by atoms with Crippen molar-refractivity contribution < 1.29 is 17.9 Å². The molecule has 0 spiro atoms. The summed E-state index contributed by atoms with van der Waals surface area (Å²) < 4.78 is 39.3. The minimum Gasteiger partial charge on any atom is -0.328 e. The van der Waals surface area contributed by atoms with Crippen molar-refractivity contribution in [1.29, 1.82) is 0 Å². The Labute approximate surface area is 100 Å². The maximum atomic E-state index is 11.8. The van der Waals surface area contributed by atoms with Crippen LogP contribution in [0.3, 0.4) is 0 Å². The molecule has 0 atom stereocenters. The SMILES string of the molecule is CCN(CCOC(F)(F)F)C1CCC(N)CC1. The van der Waals surface area contributed by atoms with Crippen LogP contribution in [0.4, 0.5) is 13.2 Å². The molecule has 0 aromatic carbocycles. The van der Waals surface area contributed by atoms with E-state index >= 15 is 0 Å². The van der Waals surface area contributed by atoms with E-state index in [0.717, 1.165) is 32.2 Å². The molecule has 102 valence electrons. The van der Waals surface area contributed by atoms with Crippen LogP contribution >= 0.6 is 0 Å². The summed E-state index contributed by atoms with van der Waals surface area (Å²) in [5.41, 5.74) is 5.80. The zero-order valence-electron chi connectivity index (χ0n) is 10.2. The Morgan fingerprint density at radius 3 is 2.29 bits per heavy atom. The smallest absolute Gasteiger partial charge is 0.328 e. The first-order valence-electron chi connectivity index (χ1n) is 6.12. The highest BCUT2D eigenvalue weighted by molar-refractivity contribution is 4.80. The summed E-state index contributed by atoms with van der Waals surface area (Å²) in [6.45, 7) is 2.75. The van der Waals surface area contributed by atoms with Crippen molar-refractivity contribution in [2.24, 2.45) is 5.73 Å². The van der Waals surface area contributed by atoms with E-state index in [9.17, 15) is 13.2 Å². The third-order valence-electron chi connectivity index (χ3n) is 3.31. The molecule has 1 rings (SSSR count). The summed E-state index contributed by atoms with van der Waals surface area (Å²) in [6, 6.07) is 0.619. The van der Waals surface area contributed by atoms with Gasteiger partial charge in [-0.25, -0.2) is 0 Å². The van der Waals surface area contributed by atoms with Crippen molar-refractivity contribution in [3.8, 4) is 0 Å². The van der Waals surface area contributed by atoms with Crippen molar-refractivity contribution >= 4 is 0 Å². The largest absolute Gasteiger partial charge is 0.522 e. The van der Waals surface area contributed by atoms with Crippen LogP contribution in [0.1, 0.15) is 32.6 Å². The number of nitrogens with zero attached hydrogens (tertiary/aromatic N) is 1. The number of rotatable bonds is 5. The Morgan fingerprint density at radius 2 is 1.82 bits per heavy atom. The second-order valence-corrected chi connectivity index (χ2v) is 4.49. The Balaban J connectivity index is 2.28. The third kappa shape index (κ3) is 5.70. The van der Waals surface area contributed by atoms with Crippen LogP contribution in [-0.2, 0) is 4.74 Å². The van der Waals surface area contributed by atoms with E-state index in [1.54, 1.807) is 0 Å². The molecule has 0 aliphatic heterocycles. The van der Waals surface area contributed by atoms with Gasteiger partial charge in [-0.3, -0.25) is 9.64 Å². The molecule has 0 bridgehead atoms. The van der Waals surface area contributed by atoms with Gasteiger partial charge in [-0.2, -0.15) is 0 Å². The normalized spacial score (nSPS) is 26.5. The van der Waals surface area contributed by atoms with Gasteiger partial charge in [-0.15, -0.1) is 13.2 Å². The summed E-state index contributed by atoms with van der Waals surface area (Å²) in [5, 5.41) is 0. The van der Waals surface area contributed by atoms with E-state index in [0.29, 0.717) is 12.6 Å². The van der Waals surface area contributed by atoms with E-state index in [1.165, 1.54) is 0 Å². The second-order valence-electron chi connectivity index (χ2n) is 4.49. The fourth-order valence-corrected chi connectivity index (χ4v) is 2.34. The van der Waals surface area contributed by atoms with Gasteiger partial charge in [0.2, 0.25) is 0 Å². The van der Waals surface area contributed by atoms with Crippen LogP contribution in [0.25, 0.3) is 0 Å². The zero-order valence-corrected chi connectivity index (χ0v) is 10.2. The molecule has 6 heteroatoms. The van der Waals surface area contributed by atoms with Gasteiger partial charge in [0.1, 0.15) is 0 Å². The molecule has 0 heterocycles. The maximum absolute atomic E-state index is 11.8. The van der Waals surface area contributed by atoms with E-state index in [1.807, 2.05) is 6.92 Å². The van der Waals surface area contributed by atoms with Crippen LogP contribution < -0.4 is 5.73 Å². The summed E-state index contributed by atoms with van der Waals surface area (Å²) in [4.78, 5) is 2.05. The van der Waals surface area contributed by atoms with Gasteiger partial charge in [0.15, 0.2) is 0 Å². The predicted octanol–water partition coefficient (Wildman–Crippen LogP) is 2.11. The Kier molecular flexibility index (Phi) is 5.69. The lowest BCUT2D eigenvalue weighted by atomic mass is 9.91. The van der Waals surface area contributed by atoms with Gasteiger partial charge in [0, 0.05) is 18.6 Å². The van der Waals surface area contributed by atoms with E-state index < -0.39 is 6.36 Å². The first-order chi connectivity index (χ1) is 7.92. The Hall–Kier alpha value is -0.330. The molecule has 1 fully saturated rings. The van der Waals surface area contributed by atoms with Crippen molar-refractivity contribution in [2.45, 2.75) is 51.1 Å². The fraction of sp³-hybridized carbons (Fsp3) is 1.00. The van der Waals surface area contributed by atoms with Gasteiger partial charge < -0.3 is 5.73 Å². The average molecular weight is 254 g/mol. The average Bonchev–Trinajstić information content (AvgIpc) is 2.24. The Bertz CT molecular complexity index is 215. The van der Waals surface area contributed by atoms with Gasteiger partial charge in [0.05, 0.1) is 6.61 Å². The van der Waals surface area contributed by atoms with Crippen LogP contribution in [-0.4, -0.2) is 43.0 Å². The number of nitrogens with two attached hydrogens (primary N) is 1. The molecule has 0 unspecified atom stereocenters. The molecule has 3 nitrogen and oxygen atoms in total. The monoisotopic (exact) mass is 254 g/mol. The highest BCUT2D eigenvalue weighted by Crippen LogP contribution is 2.22. The number of hydrogen-bond donors (Lipinski definition) is 1. The number of ether oxygens (including phenoxy) is 1. The van der Waals surface area contributed by atoms with Crippen LogP contribution in [0.5, 0.6) is 0 Å². The fourth-order valence-electron chi connectivity index (χ4n) is 2.34. The molecule has 1 saturated carbocycles. The minimum absolute atomic E-state index is 0.261. The van der Waals surface area contributed by atoms with Gasteiger partial charge in [0.25, 0.3) is 0 Å². The lowest BCUT2D eigenvalue weighted by Crippen LogP contribution is -2.42. The second kappa shape index (κ2) is 6.56. The van der Waals surface area contributed by atoms with Crippen molar-refractivity contribution in [1.82, 2.24) is 4.90 Å². The molecule has 0 radical (unpaired) electrons. The lowest BCUT2D eigenvalue weighted by molar-refractivity contribution is -0.325. The quantitative estimate of drug-likeness (QED) is 0.816. The van der Waals surface area contributed by atoms with Gasteiger partial charge >= 0.3 is 6.36 Å². The summed E-state index contributed by atoms with van der Waals surface area (Å²) in [7, 11) is 0. The summed E-state index contributed by atoms with van der Waals surface area (Å²) in [5.74, 6) is 0. The highest BCUT2D eigenvalue weighted by Gasteiger charge is 2.30. The standard InChI is InChI=1S/C11H21F3N2O/c1-2-16(7-8-17-11(12,13)14)10-5-3-9(15)4-6-10/h9-10H,2-8,15H2,1H3. The topological polar surface area (TPSA) is 38.5 Å². The van der Waals surface area contributed by atoms with Gasteiger partial charge in [-0.1, -0.05) is 6.92 Å². The first-order valence-corrected chi connectivity index (χ1v) is 6.12. The van der Waals surface area contributed by atoms with Crippen LogP contribution in [0.2, 0.25) is 0 Å². The molecule has 2 N–H and O–H groups in total. The molecule has 0 aromatic rings. The Morgan fingerprint density at radius 1 is 1.24 bits per heavy atom. The van der Waals surface area contributed by atoms with Gasteiger partial charge in [-0.05, 0) is 32.2 Å². The highest BCUT2D eigenvalue weighted by atomic mass is 19.4. The lowest BCUT2D eigenvalue weighted by Gasteiger charge is -2.35. The number of alkyl halides is 3. The molecule has 17 heavy (non-hydrogen) atoms. The molecule has 0 saturated heterocycles. The van der Waals surface area contributed by atoms with E-state index in [4.69, 9.17) is 5.73 Å².